The van der Waals surface area contributed by atoms with E-state index in [1.54, 1.807) is 39.5 Å². The molecule has 0 fully saturated rings. The lowest BCUT2D eigenvalue weighted by Crippen LogP contribution is -2.36. The fourth-order valence-electron chi connectivity index (χ4n) is 2.79. The number of ether oxygens (including phenoxy) is 2. The van der Waals surface area contributed by atoms with Gasteiger partial charge in [-0.05, 0) is 31.0 Å². The molecule has 2 aromatic rings. The number of benzene rings is 2. The largest absolute Gasteiger partial charge is 0.497 e. The van der Waals surface area contributed by atoms with Gasteiger partial charge in [-0.3, -0.25) is 9.59 Å². The SMILES string of the molecule is COc1ccc(CC(=O)N(C)CC(=O)Nc2c(C)cccc2C)c(OC)c1. The molecule has 0 atom stereocenters. The number of para-hydroxylation sites is 1. The number of nitrogens with one attached hydrogen (secondary N) is 1. The summed E-state index contributed by atoms with van der Waals surface area (Å²) in [7, 11) is 4.73. The Morgan fingerprint density at radius 2 is 1.70 bits per heavy atom. The number of hydrogen-bond acceptors (Lipinski definition) is 4. The van der Waals surface area contributed by atoms with Gasteiger partial charge in [-0.2, -0.15) is 0 Å². The van der Waals surface area contributed by atoms with Crippen molar-refractivity contribution in [3.63, 3.8) is 0 Å². The first-order chi connectivity index (χ1) is 12.8. The van der Waals surface area contributed by atoms with Gasteiger partial charge in [0.1, 0.15) is 11.5 Å². The molecule has 0 saturated heterocycles. The van der Waals surface area contributed by atoms with Crippen LogP contribution in [0.25, 0.3) is 0 Å². The van der Waals surface area contributed by atoms with Gasteiger partial charge in [-0.25, -0.2) is 0 Å². The Bertz CT molecular complexity index is 813. The Morgan fingerprint density at radius 1 is 1.04 bits per heavy atom. The highest BCUT2D eigenvalue weighted by atomic mass is 16.5. The maximum Gasteiger partial charge on any atom is 0.243 e. The molecule has 1 N–H and O–H groups in total. The lowest BCUT2D eigenvalue weighted by atomic mass is 10.1. The first-order valence-corrected chi connectivity index (χ1v) is 8.66. The maximum atomic E-state index is 12.5. The smallest absolute Gasteiger partial charge is 0.243 e. The van der Waals surface area contributed by atoms with E-state index in [0.717, 1.165) is 22.4 Å². The molecule has 2 amide bonds. The number of rotatable bonds is 7. The quantitative estimate of drug-likeness (QED) is 0.814. The minimum atomic E-state index is -0.232. The van der Waals surface area contributed by atoms with Crippen molar-refractivity contribution in [1.82, 2.24) is 4.90 Å². The number of methoxy groups -OCH3 is 2. The van der Waals surface area contributed by atoms with Gasteiger partial charge >= 0.3 is 0 Å². The van der Waals surface area contributed by atoms with Gasteiger partial charge in [0.2, 0.25) is 11.8 Å². The van der Waals surface area contributed by atoms with E-state index >= 15 is 0 Å². The van der Waals surface area contributed by atoms with Gasteiger partial charge in [-0.15, -0.1) is 0 Å². The molecule has 27 heavy (non-hydrogen) atoms. The van der Waals surface area contributed by atoms with Crippen molar-refractivity contribution >= 4 is 17.5 Å². The third-order valence-electron chi connectivity index (χ3n) is 4.39. The van der Waals surface area contributed by atoms with Gasteiger partial charge in [0.05, 0.1) is 27.2 Å². The van der Waals surface area contributed by atoms with E-state index in [9.17, 15) is 9.59 Å². The molecule has 0 radical (unpaired) electrons. The molecule has 0 unspecified atom stereocenters. The Kier molecular flexibility index (Phi) is 6.82. The second-order valence-corrected chi connectivity index (χ2v) is 6.42. The molecule has 0 aliphatic rings. The molecule has 0 heterocycles. The summed E-state index contributed by atoms with van der Waals surface area (Å²) < 4.78 is 10.5. The van der Waals surface area contributed by atoms with Crippen molar-refractivity contribution < 1.29 is 19.1 Å². The maximum absolute atomic E-state index is 12.5. The molecule has 6 nitrogen and oxygen atoms in total. The van der Waals surface area contributed by atoms with Crippen molar-refractivity contribution in [3.05, 3.63) is 53.1 Å². The van der Waals surface area contributed by atoms with E-state index in [-0.39, 0.29) is 24.8 Å². The molecule has 0 aliphatic heterocycles. The summed E-state index contributed by atoms with van der Waals surface area (Å²) in [5.41, 5.74) is 3.51. The number of likely N-dealkylation sites (N-methyl/N-ethyl adjacent to an activating group) is 1. The van der Waals surface area contributed by atoms with E-state index in [2.05, 4.69) is 5.32 Å². The van der Waals surface area contributed by atoms with Crippen LogP contribution in [0.5, 0.6) is 11.5 Å². The zero-order valence-electron chi connectivity index (χ0n) is 16.5. The number of carbonyl (C=O) groups is 2. The molecule has 144 valence electrons. The van der Waals surface area contributed by atoms with E-state index < -0.39 is 0 Å². The van der Waals surface area contributed by atoms with Crippen LogP contribution in [0.1, 0.15) is 16.7 Å². The van der Waals surface area contributed by atoms with Crippen LogP contribution in [0.4, 0.5) is 5.69 Å². The Hall–Kier alpha value is -3.02. The average Bonchev–Trinajstić information content (AvgIpc) is 2.65. The van der Waals surface area contributed by atoms with Crippen LogP contribution in [-0.4, -0.2) is 44.5 Å². The second kappa shape index (κ2) is 9.07. The monoisotopic (exact) mass is 370 g/mol. The van der Waals surface area contributed by atoms with E-state index in [1.165, 1.54) is 4.90 Å². The van der Waals surface area contributed by atoms with Crippen molar-refractivity contribution in [2.24, 2.45) is 0 Å². The van der Waals surface area contributed by atoms with E-state index in [1.807, 2.05) is 32.0 Å². The highest BCUT2D eigenvalue weighted by molar-refractivity contribution is 5.96. The van der Waals surface area contributed by atoms with E-state index in [4.69, 9.17) is 9.47 Å². The van der Waals surface area contributed by atoms with Crippen molar-refractivity contribution in [2.75, 3.05) is 33.1 Å². The van der Waals surface area contributed by atoms with Crippen molar-refractivity contribution in [3.8, 4) is 11.5 Å². The minimum absolute atomic E-state index is 0.0227. The highest BCUT2D eigenvalue weighted by Gasteiger charge is 2.17. The molecule has 2 rings (SSSR count). The van der Waals surface area contributed by atoms with Crippen LogP contribution >= 0.6 is 0 Å². The van der Waals surface area contributed by atoms with Crippen LogP contribution < -0.4 is 14.8 Å². The van der Waals surface area contributed by atoms with Crippen LogP contribution in [-0.2, 0) is 16.0 Å². The molecule has 0 bridgehead atoms. The van der Waals surface area contributed by atoms with Crippen LogP contribution in [0.3, 0.4) is 0 Å². The van der Waals surface area contributed by atoms with Crippen LogP contribution in [0.2, 0.25) is 0 Å². The highest BCUT2D eigenvalue weighted by Crippen LogP contribution is 2.25. The van der Waals surface area contributed by atoms with E-state index in [0.29, 0.717) is 11.5 Å². The first kappa shape index (κ1) is 20.3. The average molecular weight is 370 g/mol. The standard InChI is InChI=1S/C21H26N2O4/c1-14-7-6-8-15(2)21(14)22-19(24)13-23(3)20(25)11-16-9-10-17(26-4)12-18(16)27-5/h6-10,12H,11,13H2,1-5H3,(H,22,24). The lowest BCUT2D eigenvalue weighted by molar-refractivity contribution is -0.132. The summed E-state index contributed by atoms with van der Waals surface area (Å²) >= 11 is 0. The fourth-order valence-corrected chi connectivity index (χ4v) is 2.79. The lowest BCUT2D eigenvalue weighted by Gasteiger charge is -2.19. The second-order valence-electron chi connectivity index (χ2n) is 6.42. The number of hydrogen-bond donors (Lipinski definition) is 1. The molecular formula is C21H26N2O4. The molecule has 0 aliphatic carbocycles. The molecular weight excluding hydrogens is 344 g/mol. The Labute approximate surface area is 160 Å². The normalized spacial score (nSPS) is 10.3. The number of nitrogens with zero attached hydrogens (tertiary/aromatic N) is 1. The molecule has 0 aromatic heterocycles. The number of carbonyl (C=O) groups excluding carboxylic acids is 2. The number of aryl methyl sites for hydroxylation is 2. The summed E-state index contributed by atoms with van der Waals surface area (Å²) in [6, 6.07) is 11.1. The fraction of sp³-hybridized carbons (Fsp3) is 0.333. The summed E-state index contributed by atoms with van der Waals surface area (Å²) in [6.07, 6.45) is 0.139. The molecule has 0 spiro atoms. The van der Waals surface area contributed by atoms with Gasteiger partial charge in [0.25, 0.3) is 0 Å². The Morgan fingerprint density at radius 3 is 2.30 bits per heavy atom. The van der Waals surface area contributed by atoms with Crippen molar-refractivity contribution in [1.29, 1.82) is 0 Å². The Balaban J connectivity index is 2.00. The zero-order valence-corrected chi connectivity index (χ0v) is 16.5. The molecule has 0 saturated carbocycles. The number of anilines is 1. The summed E-state index contributed by atoms with van der Waals surface area (Å²) in [6.45, 7) is 3.85. The predicted molar refractivity (Wildman–Crippen MR) is 105 cm³/mol. The minimum Gasteiger partial charge on any atom is -0.497 e. The van der Waals surface area contributed by atoms with Crippen LogP contribution in [0.15, 0.2) is 36.4 Å². The third-order valence-corrected chi connectivity index (χ3v) is 4.39. The van der Waals surface area contributed by atoms with Gasteiger partial charge in [-0.1, -0.05) is 24.3 Å². The molecule has 2 aromatic carbocycles. The van der Waals surface area contributed by atoms with Crippen molar-refractivity contribution in [2.45, 2.75) is 20.3 Å². The molecule has 6 heteroatoms. The van der Waals surface area contributed by atoms with Gasteiger partial charge in [0.15, 0.2) is 0 Å². The summed E-state index contributed by atoms with van der Waals surface area (Å²) in [5, 5.41) is 2.89. The zero-order chi connectivity index (χ0) is 20.0. The number of amides is 2. The first-order valence-electron chi connectivity index (χ1n) is 8.66. The summed E-state index contributed by atoms with van der Waals surface area (Å²) in [5.74, 6) is 0.834. The predicted octanol–water partition coefficient (Wildman–Crippen LogP) is 2.96. The van der Waals surface area contributed by atoms with Crippen LogP contribution in [0, 0.1) is 13.8 Å². The van der Waals surface area contributed by atoms with Gasteiger partial charge in [0, 0.05) is 24.4 Å². The third kappa shape index (κ3) is 5.23. The van der Waals surface area contributed by atoms with Gasteiger partial charge < -0.3 is 19.7 Å². The summed E-state index contributed by atoms with van der Waals surface area (Å²) in [4.78, 5) is 26.3. The topological polar surface area (TPSA) is 67.9 Å².